The summed E-state index contributed by atoms with van der Waals surface area (Å²) in [6.07, 6.45) is 0. The molecular weight excluding hydrogens is 158 g/mol. The highest BCUT2D eigenvalue weighted by Crippen LogP contribution is 2.46. The number of hydrogen-bond acceptors (Lipinski definition) is 3. The summed E-state index contributed by atoms with van der Waals surface area (Å²) in [6, 6.07) is 0. The van der Waals surface area contributed by atoms with Gasteiger partial charge in [-0.1, -0.05) is 0 Å². The fraction of sp³-hybridized carbons (Fsp3) is 0. The molecule has 0 aromatic carbocycles. The van der Waals surface area contributed by atoms with E-state index in [1.54, 1.807) is 0 Å². The van der Waals surface area contributed by atoms with Crippen LogP contribution in [0.15, 0.2) is 0 Å². The van der Waals surface area contributed by atoms with Gasteiger partial charge in [0.2, 0.25) is 4.67 Å². The first-order valence-corrected chi connectivity index (χ1v) is 8.60. The average molecular weight is 159 g/mol. The predicted octanol–water partition coefficient (Wildman–Crippen LogP) is 3.35. The Kier molecular flexibility index (Phi) is 1.60. The van der Waals surface area contributed by atoms with Crippen LogP contribution in [0.25, 0.3) is 0 Å². The molecular formula is HP2S3+. The van der Waals surface area contributed by atoms with E-state index in [1.165, 1.54) is 0 Å². The molecule has 0 unspecified atom stereocenters. The molecule has 0 saturated heterocycles. The van der Waals surface area contributed by atoms with E-state index in [-0.39, 0.29) is 4.67 Å². The first kappa shape index (κ1) is 4.42. The maximum Gasteiger partial charge on any atom is 0.211 e. The van der Waals surface area contributed by atoms with Crippen molar-refractivity contribution in [1.82, 2.24) is 0 Å². The van der Waals surface area contributed by atoms with Crippen LogP contribution in [0.4, 0.5) is 0 Å². The molecule has 0 fully saturated rings. The van der Waals surface area contributed by atoms with Crippen LogP contribution in [-0.4, -0.2) is 0 Å². The Labute approximate surface area is 44.3 Å². The number of hydrogen-bond donors (Lipinski definition) is 0. The van der Waals surface area contributed by atoms with Crippen LogP contribution in [0.3, 0.4) is 0 Å². The maximum absolute atomic E-state index is 4.86. The highest BCUT2D eigenvalue weighted by Gasteiger charge is 1.83. The van der Waals surface area contributed by atoms with Crippen molar-refractivity contribution in [3.63, 3.8) is 0 Å². The van der Waals surface area contributed by atoms with Gasteiger partial charge >= 0.3 is 0 Å². The van der Waals surface area contributed by atoms with E-state index in [4.69, 9.17) is 11.8 Å². The molecule has 5 heavy (non-hydrogen) atoms. The zero-order valence-corrected chi connectivity index (χ0v) is 6.52. The van der Waals surface area contributed by atoms with Crippen LogP contribution in [0.2, 0.25) is 0 Å². The van der Waals surface area contributed by atoms with Crippen LogP contribution in [-0.2, 0) is 0 Å². The molecule has 0 spiro atoms. The fourth-order valence-corrected chi connectivity index (χ4v) is 10.4. The van der Waals surface area contributed by atoms with E-state index in [2.05, 4.69) is 0 Å². The van der Waals surface area contributed by atoms with E-state index in [9.17, 15) is 0 Å². The summed E-state index contributed by atoms with van der Waals surface area (Å²) >= 11 is 4.86. The summed E-state index contributed by atoms with van der Waals surface area (Å²) in [4.78, 5) is 0. The highest BCUT2D eigenvalue weighted by molar-refractivity contribution is 8.61. The third-order valence-corrected chi connectivity index (χ3v) is 18.1. The molecule has 1 rings (SSSR count). The van der Waals surface area contributed by atoms with Crippen molar-refractivity contribution in [2.45, 2.75) is 0 Å². The Morgan fingerprint density at radius 2 is 2.00 bits per heavy atom. The van der Waals surface area contributed by atoms with Gasteiger partial charge in [-0.25, -0.2) is 0 Å². The van der Waals surface area contributed by atoms with Crippen LogP contribution < -0.4 is 0 Å². The second kappa shape index (κ2) is 1.81. The van der Waals surface area contributed by atoms with Crippen molar-refractivity contribution in [2.75, 3.05) is 0 Å². The maximum atomic E-state index is 4.86. The van der Waals surface area contributed by atoms with Crippen molar-refractivity contribution >= 4 is 44.1 Å². The lowest BCUT2D eigenvalue weighted by molar-refractivity contribution is 5.12. The van der Waals surface area contributed by atoms with Crippen molar-refractivity contribution in [1.29, 1.82) is 0 Å². The molecule has 1 heterocycles. The van der Waals surface area contributed by atoms with E-state index in [0.717, 1.165) is 6.55 Å². The van der Waals surface area contributed by atoms with Gasteiger partial charge < -0.3 is 0 Å². The molecule has 0 bridgehead atoms. The van der Waals surface area contributed by atoms with Gasteiger partial charge in [0.05, 0.1) is 21.1 Å². The van der Waals surface area contributed by atoms with E-state index >= 15 is 0 Å². The van der Waals surface area contributed by atoms with Gasteiger partial charge in [-0.3, -0.25) is 0 Å². The van der Waals surface area contributed by atoms with E-state index in [0.29, 0.717) is 0 Å². The largest absolute Gasteiger partial charge is 0.211 e. The Morgan fingerprint density at radius 1 is 1.60 bits per heavy atom. The molecule has 0 aliphatic heterocycles. The van der Waals surface area contributed by atoms with Gasteiger partial charge in [0.25, 0.3) is 0 Å². The average Bonchev–Trinajstić information content (AvgIpc) is 1.30. The van der Waals surface area contributed by atoms with E-state index in [1.807, 2.05) is 21.1 Å². The molecule has 1 aromatic rings. The zero-order chi connectivity index (χ0) is 3.70. The molecule has 0 aliphatic rings. The molecule has 0 N–H and O–H groups in total. The van der Waals surface area contributed by atoms with Crippen LogP contribution in [0, 0.1) is 0 Å². The standard InChI is InChI=1S/HP2S3/c3-2-4-1-5-2/h1H/q+1. The zero-order valence-electron chi connectivity index (χ0n) is 2.17. The molecule has 0 aliphatic carbocycles. The quantitative estimate of drug-likeness (QED) is 0.559. The van der Waals surface area contributed by atoms with Gasteiger partial charge in [0, 0.05) is 11.8 Å². The van der Waals surface area contributed by atoms with Crippen LogP contribution in [0.5, 0.6) is 0 Å². The monoisotopic (exact) mass is 159 g/mol. The lowest BCUT2D eigenvalue weighted by Crippen LogP contribution is -0.974. The van der Waals surface area contributed by atoms with Gasteiger partial charge in [0.1, 0.15) is 6.55 Å². The second-order valence-electron chi connectivity index (χ2n) is 0.490. The van der Waals surface area contributed by atoms with Crippen LogP contribution >= 0.6 is 44.1 Å². The molecule has 1 aromatic heterocycles. The van der Waals surface area contributed by atoms with Crippen molar-refractivity contribution in [2.24, 2.45) is 0 Å². The topological polar surface area (TPSA) is 0 Å². The van der Waals surface area contributed by atoms with Gasteiger partial charge in [-0.15, -0.1) is 0 Å². The second-order valence-corrected chi connectivity index (χ2v) is 13.2. The SMILES string of the molecule is S=[p+]1s[pH]s1. The van der Waals surface area contributed by atoms with Crippen molar-refractivity contribution < 1.29 is 0 Å². The minimum atomic E-state index is 0.0113. The minimum Gasteiger partial charge on any atom is 0.0452 e. The molecule has 0 radical (unpaired) electrons. The van der Waals surface area contributed by atoms with Gasteiger partial charge in [-0.2, -0.15) is 0 Å². The fourth-order valence-electron chi connectivity index (χ4n) is 0.0677. The highest BCUT2D eigenvalue weighted by atomic mass is 33.3. The van der Waals surface area contributed by atoms with E-state index < -0.39 is 0 Å². The van der Waals surface area contributed by atoms with Gasteiger partial charge in [0.15, 0.2) is 0 Å². The molecule has 0 saturated carbocycles. The lowest BCUT2D eigenvalue weighted by atomic mass is 29.7. The Morgan fingerprint density at radius 3 is 2.00 bits per heavy atom. The first-order chi connectivity index (χ1) is 2.39. The molecule has 0 atom stereocenters. The predicted molar refractivity (Wildman–Crippen MR) is 36.2 cm³/mol. The summed E-state index contributed by atoms with van der Waals surface area (Å²) in [5.41, 5.74) is 0. The molecule has 0 nitrogen and oxygen atoms in total. The summed E-state index contributed by atoms with van der Waals surface area (Å²) in [5.74, 6) is 0. The third-order valence-electron chi connectivity index (χ3n) is 0.224. The Balaban J connectivity index is 3.29. The van der Waals surface area contributed by atoms with Crippen molar-refractivity contribution in [3.05, 3.63) is 0 Å². The summed E-state index contributed by atoms with van der Waals surface area (Å²) < 4.78 is 0.0113. The van der Waals surface area contributed by atoms with Crippen LogP contribution in [0.1, 0.15) is 0 Å². The number of rotatable bonds is 0. The van der Waals surface area contributed by atoms with Gasteiger partial charge in [-0.05, 0) is 0 Å². The molecule has 5 heteroatoms. The summed E-state index contributed by atoms with van der Waals surface area (Å²) in [6.45, 7) is 1.06. The minimum absolute atomic E-state index is 0.0113. The Bertz CT molecular complexity index is 119. The first-order valence-electron chi connectivity index (χ1n) is 0.956. The molecule has 28 valence electrons. The molecule has 0 amide bonds. The summed E-state index contributed by atoms with van der Waals surface area (Å²) in [7, 11) is 3.86. The summed E-state index contributed by atoms with van der Waals surface area (Å²) in [5, 5.41) is 0. The van der Waals surface area contributed by atoms with Crippen molar-refractivity contribution in [3.8, 4) is 0 Å². The smallest absolute Gasteiger partial charge is 0.0452 e. The third kappa shape index (κ3) is 1.06. The lowest BCUT2D eigenvalue weighted by Gasteiger charge is -1.60. The normalized spacial score (nSPS) is 14.0. The Hall–Kier alpha value is 1.26.